The summed E-state index contributed by atoms with van der Waals surface area (Å²) in [6.45, 7) is 0.715. The third-order valence-corrected chi connectivity index (χ3v) is 5.33. The zero-order valence-corrected chi connectivity index (χ0v) is 13.4. The maximum atomic E-state index is 12.6. The fourth-order valence-electron chi connectivity index (χ4n) is 4.08. The number of aromatic carboxylic acids is 1. The van der Waals surface area contributed by atoms with Gasteiger partial charge in [0.05, 0.1) is 5.56 Å². The first-order valence-electron chi connectivity index (χ1n) is 8.27. The number of carbonyl (C=O) groups is 2. The molecule has 0 bridgehead atoms. The first-order chi connectivity index (χ1) is 11.6. The lowest BCUT2D eigenvalue weighted by Gasteiger charge is -2.34. The Kier molecular flexibility index (Phi) is 3.41. The summed E-state index contributed by atoms with van der Waals surface area (Å²) < 4.78 is 0. The van der Waals surface area contributed by atoms with E-state index < -0.39 is 5.97 Å². The lowest BCUT2D eigenvalue weighted by molar-refractivity contribution is -0.117. The average molecular weight is 321 g/mol. The summed E-state index contributed by atoms with van der Waals surface area (Å²) in [7, 11) is 0. The van der Waals surface area contributed by atoms with Gasteiger partial charge in [0.1, 0.15) is 0 Å². The first kappa shape index (κ1) is 14.9. The van der Waals surface area contributed by atoms with Crippen molar-refractivity contribution in [3.63, 3.8) is 0 Å². The van der Waals surface area contributed by atoms with Crippen molar-refractivity contribution in [2.24, 2.45) is 5.41 Å². The first-order valence-corrected chi connectivity index (χ1v) is 8.27. The third-order valence-electron chi connectivity index (χ3n) is 5.33. The fraction of sp³-hybridized carbons (Fsp3) is 0.300. The number of carboxylic acid groups (broad SMARTS) is 1. The second-order valence-corrected chi connectivity index (χ2v) is 6.96. The van der Waals surface area contributed by atoms with Crippen LogP contribution in [0.2, 0.25) is 0 Å². The zero-order chi connectivity index (χ0) is 16.7. The van der Waals surface area contributed by atoms with E-state index in [1.807, 2.05) is 41.3 Å². The van der Waals surface area contributed by atoms with Gasteiger partial charge in [0.25, 0.3) is 0 Å². The molecule has 4 heteroatoms. The summed E-state index contributed by atoms with van der Waals surface area (Å²) in [4.78, 5) is 25.7. The van der Waals surface area contributed by atoms with Gasteiger partial charge in [-0.1, -0.05) is 24.3 Å². The van der Waals surface area contributed by atoms with E-state index in [1.165, 1.54) is 5.56 Å². The molecule has 1 spiro atoms. The Morgan fingerprint density at radius 3 is 2.58 bits per heavy atom. The molecule has 1 N–H and O–H groups in total. The van der Waals surface area contributed by atoms with E-state index in [2.05, 4.69) is 0 Å². The van der Waals surface area contributed by atoms with Crippen LogP contribution in [-0.2, 0) is 17.6 Å². The molecule has 1 amide bonds. The minimum absolute atomic E-state index is 0.0724. The average Bonchev–Trinajstić information content (AvgIpc) is 2.91. The molecule has 2 aromatic rings. The van der Waals surface area contributed by atoms with E-state index in [0.29, 0.717) is 18.5 Å². The van der Waals surface area contributed by atoms with Crippen LogP contribution < -0.4 is 4.90 Å². The summed E-state index contributed by atoms with van der Waals surface area (Å²) in [6.07, 6.45) is 3.20. The number of aryl methyl sites for hydroxylation is 1. The number of nitrogens with zero attached hydrogens (tertiary/aromatic N) is 1. The maximum absolute atomic E-state index is 12.6. The van der Waals surface area contributed by atoms with Crippen molar-refractivity contribution in [2.75, 3.05) is 11.4 Å². The lowest BCUT2D eigenvalue weighted by Crippen LogP contribution is -2.33. The monoisotopic (exact) mass is 321 g/mol. The summed E-state index contributed by atoms with van der Waals surface area (Å²) >= 11 is 0. The normalized spacial score (nSPS) is 22.7. The number of amides is 1. The molecular formula is C20H19NO3. The summed E-state index contributed by atoms with van der Waals surface area (Å²) in [5, 5.41) is 9.21. The molecule has 4 rings (SSSR count). The van der Waals surface area contributed by atoms with Gasteiger partial charge < -0.3 is 10.0 Å². The van der Waals surface area contributed by atoms with Crippen molar-refractivity contribution in [3.05, 3.63) is 65.2 Å². The van der Waals surface area contributed by atoms with Crippen LogP contribution in [0.4, 0.5) is 5.69 Å². The molecule has 24 heavy (non-hydrogen) atoms. The Morgan fingerprint density at radius 2 is 1.83 bits per heavy atom. The number of anilines is 1. The van der Waals surface area contributed by atoms with Crippen molar-refractivity contribution >= 4 is 17.6 Å². The van der Waals surface area contributed by atoms with E-state index in [1.54, 1.807) is 12.1 Å². The van der Waals surface area contributed by atoms with Gasteiger partial charge in [-0.3, -0.25) is 4.79 Å². The number of hydrogen-bond donors (Lipinski definition) is 1. The number of para-hydroxylation sites is 1. The minimum atomic E-state index is -0.897. The Balaban J connectivity index is 1.63. The SMILES string of the molecule is O=C(O)c1ccc2c(c1)C[C@@]1(CC2)CC(=O)N(c2ccccc2)C1. The summed E-state index contributed by atoms with van der Waals surface area (Å²) in [6, 6.07) is 15.2. The molecule has 1 saturated heterocycles. The molecule has 0 unspecified atom stereocenters. The predicted molar refractivity (Wildman–Crippen MR) is 91.3 cm³/mol. The van der Waals surface area contributed by atoms with Crippen molar-refractivity contribution in [1.29, 1.82) is 0 Å². The van der Waals surface area contributed by atoms with Crippen LogP contribution in [-0.4, -0.2) is 23.5 Å². The number of rotatable bonds is 2. The highest BCUT2D eigenvalue weighted by Crippen LogP contribution is 2.44. The summed E-state index contributed by atoms with van der Waals surface area (Å²) in [5.74, 6) is -0.732. The van der Waals surface area contributed by atoms with E-state index in [4.69, 9.17) is 0 Å². The minimum Gasteiger partial charge on any atom is -0.478 e. The van der Waals surface area contributed by atoms with Gasteiger partial charge >= 0.3 is 5.97 Å². The molecule has 122 valence electrons. The molecule has 0 radical (unpaired) electrons. The van der Waals surface area contributed by atoms with Gasteiger partial charge in [-0.15, -0.1) is 0 Å². The highest BCUT2D eigenvalue weighted by atomic mass is 16.4. The number of carboxylic acids is 1. The highest BCUT2D eigenvalue weighted by molar-refractivity contribution is 5.96. The molecule has 1 heterocycles. The number of hydrogen-bond acceptors (Lipinski definition) is 2. The molecule has 1 aliphatic heterocycles. The van der Waals surface area contributed by atoms with Crippen molar-refractivity contribution < 1.29 is 14.7 Å². The van der Waals surface area contributed by atoms with Gasteiger partial charge in [0, 0.05) is 24.1 Å². The number of carbonyl (C=O) groups excluding carboxylic acids is 1. The quantitative estimate of drug-likeness (QED) is 0.923. The van der Waals surface area contributed by atoms with E-state index in [-0.39, 0.29) is 11.3 Å². The van der Waals surface area contributed by atoms with Crippen LogP contribution in [0.3, 0.4) is 0 Å². The fourth-order valence-corrected chi connectivity index (χ4v) is 4.08. The molecule has 4 nitrogen and oxygen atoms in total. The van der Waals surface area contributed by atoms with Gasteiger partial charge in [-0.25, -0.2) is 4.79 Å². The van der Waals surface area contributed by atoms with Crippen LogP contribution >= 0.6 is 0 Å². The van der Waals surface area contributed by atoms with Gasteiger partial charge in [-0.05, 0) is 54.7 Å². The van der Waals surface area contributed by atoms with E-state index in [0.717, 1.165) is 30.5 Å². The molecule has 0 saturated carbocycles. The molecular weight excluding hydrogens is 302 g/mol. The van der Waals surface area contributed by atoms with Crippen molar-refractivity contribution in [2.45, 2.75) is 25.7 Å². The number of fused-ring (bicyclic) bond motifs is 1. The topological polar surface area (TPSA) is 57.6 Å². The van der Waals surface area contributed by atoms with E-state index in [9.17, 15) is 14.7 Å². The Labute approximate surface area is 140 Å². The second-order valence-electron chi connectivity index (χ2n) is 6.96. The van der Waals surface area contributed by atoms with Crippen LogP contribution in [0, 0.1) is 5.41 Å². The van der Waals surface area contributed by atoms with Crippen LogP contribution in [0.15, 0.2) is 48.5 Å². The zero-order valence-electron chi connectivity index (χ0n) is 13.4. The van der Waals surface area contributed by atoms with Crippen LogP contribution in [0.5, 0.6) is 0 Å². The molecule has 0 aromatic heterocycles. The number of benzene rings is 2. The van der Waals surface area contributed by atoms with Crippen molar-refractivity contribution in [3.8, 4) is 0 Å². The molecule has 1 fully saturated rings. The van der Waals surface area contributed by atoms with Crippen LogP contribution in [0.1, 0.15) is 34.3 Å². The largest absolute Gasteiger partial charge is 0.478 e. The Hall–Kier alpha value is -2.62. The highest BCUT2D eigenvalue weighted by Gasteiger charge is 2.45. The lowest BCUT2D eigenvalue weighted by atomic mass is 9.70. The molecule has 1 aliphatic carbocycles. The standard InChI is InChI=1S/C20H19NO3/c22-18-12-20(13-21(18)17-4-2-1-3-5-17)9-8-14-6-7-15(19(23)24)10-16(14)11-20/h1-7,10H,8-9,11-13H2,(H,23,24)/t20-/m0/s1. The van der Waals surface area contributed by atoms with Gasteiger partial charge in [0.2, 0.25) is 5.91 Å². The predicted octanol–water partition coefficient (Wildman–Crippen LogP) is 3.30. The maximum Gasteiger partial charge on any atom is 0.335 e. The Morgan fingerprint density at radius 1 is 1.04 bits per heavy atom. The van der Waals surface area contributed by atoms with Gasteiger partial charge in [0.15, 0.2) is 0 Å². The molecule has 2 aromatic carbocycles. The van der Waals surface area contributed by atoms with E-state index >= 15 is 0 Å². The summed E-state index contributed by atoms with van der Waals surface area (Å²) in [5.41, 5.74) is 3.51. The molecule has 1 atom stereocenters. The smallest absolute Gasteiger partial charge is 0.335 e. The molecule has 2 aliphatic rings. The Bertz CT molecular complexity index is 815. The van der Waals surface area contributed by atoms with Crippen molar-refractivity contribution in [1.82, 2.24) is 0 Å². The van der Waals surface area contributed by atoms with Crippen LogP contribution in [0.25, 0.3) is 0 Å². The van der Waals surface area contributed by atoms with Gasteiger partial charge in [-0.2, -0.15) is 0 Å². The third kappa shape index (κ3) is 2.48. The second kappa shape index (κ2) is 5.48.